The third-order valence-electron chi connectivity index (χ3n) is 7.24. The van der Waals surface area contributed by atoms with Crippen LogP contribution in [0.4, 0.5) is 11.4 Å². The Morgan fingerprint density at radius 2 is 1.39 bits per heavy atom. The number of fused-ring (bicyclic) bond motifs is 1. The monoisotopic (exact) mass is 472 g/mol. The van der Waals surface area contributed by atoms with Gasteiger partial charge in [0.05, 0.1) is 24.5 Å². The number of methoxy groups -OCH3 is 1. The van der Waals surface area contributed by atoms with Gasteiger partial charge in [-0.1, -0.05) is 84.9 Å². The summed E-state index contributed by atoms with van der Waals surface area (Å²) in [5, 5.41) is 7.30. The van der Waals surface area contributed by atoms with Gasteiger partial charge in [-0.25, -0.2) is 0 Å². The second kappa shape index (κ2) is 9.38. The van der Waals surface area contributed by atoms with Gasteiger partial charge >= 0.3 is 0 Å². The number of rotatable bonds is 4. The number of nitrogens with one attached hydrogen (secondary N) is 2. The van der Waals surface area contributed by atoms with Crippen molar-refractivity contribution in [2.24, 2.45) is 0 Å². The van der Waals surface area contributed by atoms with Crippen molar-refractivity contribution in [3.63, 3.8) is 0 Å². The van der Waals surface area contributed by atoms with Crippen molar-refractivity contribution >= 4 is 17.2 Å². The Labute approximate surface area is 211 Å². The second-order valence-electron chi connectivity index (χ2n) is 9.40. The van der Waals surface area contributed by atoms with Gasteiger partial charge in [-0.05, 0) is 46.9 Å². The van der Waals surface area contributed by atoms with Crippen LogP contribution in [0, 0.1) is 0 Å². The lowest BCUT2D eigenvalue weighted by Crippen LogP contribution is -2.27. The van der Waals surface area contributed by atoms with E-state index in [4.69, 9.17) is 4.74 Å². The summed E-state index contributed by atoms with van der Waals surface area (Å²) in [6, 6.07) is 34.9. The van der Waals surface area contributed by atoms with E-state index in [0.29, 0.717) is 6.42 Å². The van der Waals surface area contributed by atoms with E-state index >= 15 is 0 Å². The van der Waals surface area contributed by atoms with Gasteiger partial charge in [0, 0.05) is 23.6 Å². The SMILES string of the molecule is COc1ccccc1C1CC(=O)C2=C(C1)Nc1ccccc1NC2c1ccc(-c2ccccc2)cc1. The van der Waals surface area contributed by atoms with E-state index in [1.165, 1.54) is 5.56 Å². The molecule has 0 radical (unpaired) electrons. The predicted octanol–water partition coefficient (Wildman–Crippen LogP) is 7.34. The molecule has 2 N–H and O–H groups in total. The summed E-state index contributed by atoms with van der Waals surface area (Å²) in [5.74, 6) is 1.06. The molecule has 178 valence electrons. The summed E-state index contributed by atoms with van der Waals surface area (Å²) in [6.45, 7) is 0. The molecule has 2 unspecified atom stereocenters. The zero-order chi connectivity index (χ0) is 24.5. The summed E-state index contributed by atoms with van der Waals surface area (Å²) in [7, 11) is 1.69. The number of carbonyl (C=O) groups is 1. The Morgan fingerprint density at radius 3 is 2.17 bits per heavy atom. The molecule has 2 atom stereocenters. The van der Waals surface area contributed by atoms with Crippen molar-refractivity contribution in [1.82, 2.24) is 0 Å². The maximum Gasteiger partial charge on any atom is 0.163 e. The van der Waals surface area contributed by atoms with Crippen molar-refractivity contribution in [3.8, 4) is 16.9 Å². The third kappa shape index (κ3) is 4.05. The smallest absolute Gasteiger partial charge is 0.163 e. The molecule has 0 aromatic heterocycles. The molecule has 1 heterocycles. The van der Waals surface area contributed by atoms with E-state index in [2.05, 4.69) is 77.4 Å². The number of para-hydroxylation sites is 3. The molecule has 1 aliphatic heterocycles. The maximum absolute atomic E-state index is 13.8. The van der Waals surface area contributed by atoms with Crippen molar-refractivity contribution in [1.29, 1.82) is 0 Å². The lowest BCUT2D eigenvalue weighted by atomic mass is 9.78. The van der Waals surface area contributed by atoms with E-state index in [9.17, 15) is 4.79 Å². The topological polar surface area (TPSA) is 50.4 Å². The van der Waals surface area contributed by atoms with Crippen molar-refractivity contribution in [2.45, 2.75) is 24.8 Å². The molecular weight excluding hydrogens is 444 g/mol. The number of hydrogen-bond donors (Lipinski definition) is 2. The number of allylic oxidation sites excluding steroid dienone is 1. The quantitative estimate of drug-likeness (QED) is 0.326. The van der Waals surface area contributed by atoms with Crippen molar-refractivity contribution < 1.29 is 9.53 Å². The van der Waals surface area contributed by atoms with Crippen LogP contribution in [0.25, 0.3) is 11.1 Å². The fourth-order valence-electron chi connectivity index (χ4n) is 5.46. The van der Waals surface area contributed by atoms with E-state index in [1.54, 1.807) is 7.11 Å². The molecule has 0 saturated carbocycles. The second-order valence-corrected chi connectivity index (χ2v) is 9.40. The zero-order valence-corrected chi connectivity index (χ0v) is 20.2. The average Bonchev–Trinajstić information content (AvgIpc) is 3.10. The molecule has 4 aromatic rings. The van der Waals surface area contributed by atoms with Gasteiger partial charge < -0.3 is 15.4 Å². The number of carbonyl (C=O) groups excluding carboxylic acids is 1. The highest BCUT2D eigenvalue weighted by Gasteiger charge is 2.36. The Kier molecular flexibility index (Phi) is 5.78. The fraction of sp³-hybridized carbons (Fsp3) is 0.156. The Bertz CT molecular complexity index is 1440. The van der Waals surface area contributed by atoms with E-state index in [-0.39, 0.29) is 17.7 Å². The first kappa shape index (κ1) is 22.2. The van der Waals surface area contributed by atoms with Crippen molar-refractivity contribution in [2.75, 3.05) is 17.7 Å². The van der Waals surface area contributed by atoms with Crippen LogP contribution in [0.5, 0.6) is 5.75 Å². The first-order chi connectivity index (χ1) is 17.7. The van der Waals surface area contributed by atoms with Crippen LogP contribution in [0.15, 0.2) is 114 Å². The molecule has 0 fully saturated rings. The summed E-state index contributed by atoms with van der Waals surface area (Å²) in [6.07, 6.45) is 1.20. The number of hydrogen-bond acceptors (Lipinski definition) is 4. The molecular formula is C32H28N2O2. The summed E-state index contributed by atoms with van der Waals surface area (Å²) in [4.78, 5) is 13.8. The fourth-order valence-corrected chi connectivity index (χ4v) is 5.46. The Balaban J connectivity index is 1.42. The van der Waals surface area contributed by atoms with Gasteiger partial charge in [0.15, 0.2) is 5.78 Å². The van der Waals surface area contributed by atoms with Gasteiger partial charge in [-0.15, -0.1) is 0 Å². The largest absolute Gasteiger partial charge is 0.496 e. The summed E-state index contributed by atoms with van der Waals surface area (Å²) >= 11 is 0. The minimum atomic E-state index is -0.230. The van der Waals surface area contributed by atoms with E-state index < -0.39 is 0 Å². The molecule has 4 aromatic carbocycles. The average molecular weight is 473 g/mol. The third-order valence-corrected chi connectivity index (χ3v) is 7.24. The molecule has 4 nitrogen and oxygen atoms in total. The number of ether oxygens (including phenoxy) is 1. The predicted molar refractivity (Wildman–Crippen MR) is 145 cm³/mol. The molecule has 0 saturated heterocycles. The summed E-state index contributed by atoms with van der Waals surface area (Å²) < 4.78 is 5.63. The minimum absolute atomic E-state index is 0.0614. The number of Topliss-reactive ketones (excluding diaryl/α,β-unsaturated/α-hetero) is 1. The molecule has 36 heavy (non-hydrogen) atoms. The first-order valence-corrected chi connectivity index (χ1v) is 12.4. The van der Waals surface area contributed by atoms with Crippen LogP contribution < -0.4 is 15.4 Å². The minimum Gasteiger partial charge on any atom is -0.496 e. The highest BCUT2D eigenvalue weighted by atomic mass is 16.5. The van der Waals surface area contributed by atoms with Crippen LogP contribution in [-0.2, 0) is 4.79 Å². The molecule has 1 aliphatic carbocycles. The molecule has 2 aliphatic rings. The first-order valence-electron chi connectivity index (χ1n) is 12.4. The molecule has 0 amide bonds. The van der Waals surface area contributed by atoms with Crippen LogP contribution in [0.1, 0.15) is 35.9 Å². The van der Waals surface area contributed by atoms with Gasteiger partial charge in [0.2, 0.25) is 0 Å². The lowest BCUT2D eigenvalue weighted by Gasteiger charge is -2.30. The van der Waals surface area contributed by atoms with Crippen LogP contribution in [0.3, 0.4) is 0 Å². The number of anilines is 2. The lowest BCUT2D eigenvalue weighted by molar-refractivity contribution is -0.116. The molecule has 0 bridgehead atoms. The van der Waals surface area contributed by atoms with Crippen LogP contribution in [-0.4, -0.2) is 12.9 Å². The zero-order valence-electron chi connectivity index (χ0n) is 20.2. The highest BCUT2D eigenvalue weighted by molar-refractivity contribution is 6.01. The maximum atomic E-state index is 13.8. The molecule has 0 spiro atoms. The van der Waals surface area contributed by atoms with Gasteiger partial charge in [-0.3, -0.25) is 4.79 Å². The van der Waals surface area contributed by atoms with E-state index in [0.717, 1.165) is 51.5 Å². The molecule has 6 rings (SSSR count). The van der Waals surface area contributed by atoms with Crippen LogP contribution >= 0.6 is 0 Å². The van der Waals surface area contributed by atoms with Gasteiger partial charge in [-0.2, -0.15) is 0 Å². The van der Waals surface area contributed by atoms with Gasteiger partial charge in [0.25, 0.3) is 0 Å². The van der Waals surface area contributed by atoms with E-state index in [1.807, 2.05) is 36.4 Å². The standard InChI is InChI=1S/C32H28N2O2/c1-36-30-14-8-5-11-25(30)24-19-28-31(29(35)20-24)32(34-27-13-7-6-12-26(27)33-28)23-17-15-22(16-18-23)21-9-3-2-4-10-21/h2-18,24,32-34H,19-20H2,1H3. The summed E-state index contributed by atoms with van der Waals surface area (Å²) in [5.41, 5.74) is 8.28. The number of benzene rings is 4. The Morgan fingerprint density at radius 1 is 0.722 bits per heavy atom. The van der Waals surface area contributed by atoms with Gasteiger partial charge in [0.1, 0.15) is 5.75 Å². The van der Waals surface area contributed by atoms with Crippen LogP contribution in [0.2, 0.25) is 0 Å². The Hall–Kier alpha value is -4.31. The highest BCUT2D eigenvalue weighted by Crippen LogP contribution is 2.45. The number of ketones is 1. The molecule has 4 heteroatoms. The van der Waals surface area contributed by atoms with Crippen molar-refractivity contribution in [3.05, 3.63) is 126 Å². The normalized spacial score (nSPS) is 18.9.